The molecule has 0 amide bonds. The molecular formula is C10H13ClN4S. The summed E-state index contributed by atoms with van der Waals surface area (Å²) in [5, 5.41) is 6.56. The molecule has 0 aromatic carbocycles. The zero-order chi connectivity index (χ0) is 11.5. The van der Waals surface area contributed by atoms with Crippen molar-refractivity contribution >= 4 is 39.1 Å². The third-order valence-corrected chi connectivity index (χ3v) is 3.22. The van der Waals surface area contributed by atoms with Crippen molar-refractivity contribution in [1.29, 1.82) is 0 Å². The largest absolute Gasteiger partial charge is 0.353 e. The van der Waals surface area contributed by atoms with E-state index >= 15 is 0 Å². The van der Waals surface area contributed by atoms with Gasteiger partial charge in [-0.3, -0.25) is 0 Å². The van der Waals surface area contributed by atoms with E-state index in [4.69, 9.17) is 11.6 Å². The Morgan fingerprint density at radius 3 is 3.00 bits per heavy atom. The van der Waals surface area contributed by atoms with Crippen molar-refractivity contribution in [3.8, 4) is 0 Å². The summed E-state index contributed by atoms with van der Waals surface area (Å²) < 4.78 is 0. The molecule has 0 radical (unpaired) electrons. The van der Waals surface area contributed by atoms with Crippen LogP contribution in [0, 0.1) is 0 Å². The molecule has 0 saturated carbocycles. The first-order valence-corrected chi connectivity index (χ1v) is 6.22. The number of thiophene rings is 1. The van der Waals surface area contributed by atoms with Crippen LogP contribution >= 0.6 is 22.9 Å². The van der Waals surface area contributed by atoms with Gasteiger partial charge in [0.1, 0.15) is 9.98 Å². The van der Waals surface area contributed by atoms with Crippen LogP contribution in [0.25, 0.3) is 10.2 Å². The van der Waals surface area contributed by atoms with Gasteiger partial charge in [-0.2, -0.15) is 0 Å². The number of anilines is 1. The van der Waals surface area contributed by atoms with Gasteiger partial charge in [-0.05, 0) is 25.5 Å². The van der Waals surface area contributed by atoms with Gasteiger partial charge in [0.15, 0.2) is 0 Å². The maximum absolute atomic E-state index is 6.05. The number of halogens is 1. The molecule has 0 spiro atoms. The third kappa shape index (κ3) is 2.61. The summed E-state index contributed by atoms with van der Waals surface area (Å²) in [6.45, 7) is 1.74. The average molecular weight is 257 g/mol. The standard InChI is InChI=1S/C10H13ClN4S/c1-15(2)5-4-12-10-13-8(11)7-3-6-16-9(7)14-10/h3,6H,4-5H2,1-2H3,(H,12,13,14). The molecular weight excluding hydrogens is 244 g/mol. The van der Waals surface area contributed by atoms with Gasteiger partial charge in [0.05, 0.1) is 0 Å². The van der Waals surface area contributed by atoms with Gasteiger partial charge < -0.3 is 10.2 Å². The van der Waals surface area contributed by atoms with Crippen LogP contribution in [-0.2, 0) is 0 Å². The highest BCUT2D eigenvalue weighted by Gasteiger charge is 2.06. The molecule has 0 aliphatic heterocycles. The zero-order valence-corrected chi connectivity index (χ0v) is 10.8. The SMILES string of the molecule is CN(C)CCNc1nc(Cl)c2ccsc2n1. The van der Waals surface area contributed by atoms with E-state index in [-0.39, 0.29) is 0 Å². The molecule has 0 saturated heterocycles. The van der Waals surface area contributed by atoms with Crippen molar-refractivity contribution < 1.29 is 0 Å². The molecule has 2 rings (SSSR count). The van der Waals surface area contributed by atoms with Crippen molar-refractivity contribution in [3.05, 3.63) is 16.6 Å². The van der Waals surface area contributed by atoms with Crippen LogP contribution < -0.4 is 5.32 Å². The number of nitrogens with zero attached hydrogens (tertiary/aromatic N) is 3. The molecule has 4 nitrogen and oxygen atoms in total. The molecule has 0 aliphatic carbocycles. The molecule has 0 bridgehead atoms. The van der Waals surface area contributed by atoms with Crippen molar-refractivity contribution in [2.75, 3.05) is 32.5 Å². The fourth-order valence-corrected chi connectivity index (χ4v) is 2.34. The molecule has 86 valence electrons. The maximum atomic E-state index is 6.05. The van der Waals surface area contributed by atoms with Gasteiger partial charge in [0, 0.05) is 18.5 Å². The van der Waals surface area contributed by atoms with Crippen molar-refractivity contribution in [2.45, 2.75) is 0 Å². The fraction of sp³-hybridized carbons (Fsp3) is 0.400. The van der Waals surface area contributed by atoms with E-state index in [1.54, 1.807) is 11.3 Å². The summed E-state index contributed by atoms with van der Waals surface area (Å²) in [7, 11) is 4.05. The van der Waals surface area contributed by atoms with E-state index in [2.05, 4.69) is 20.2 Å². The van der Waals surface area contributed by atoms with E-state index in [1.807, 2.05) is 25.5 Å². The molecule has 2 heterocycles. The molecule has 1 N–H and O–H groups in total. The molecule has 6 heteroatoms. The van der Waals surface area contributed by atoms with Crippen molar-refractivity contribution in [2.24, 2.45) is 0 Å². The van der Waals surface area contributed by atoms with Crippen LogP contribution in [0.4, 0.5) is 5.95 Å². The van der Waals surface area contributed by atoms with Gasteiger partial charge >= 0.3 is 0 Å². The number of rotatable bonds is 4. The summed E-state index contributed by atoms with van der Waals surface area (Å²) in [5.74, 6) is 0.599. The summed E-state index contributed by atoms with van der Waals surface area (Å²) in [4.78, 5) is 11.6. The Kier molecular flexibility index (Phi) is 3.58. The number of likely N-dealkylation sites (N-methyl/N-ethyl adjacent to an activating group) is 1. The summed E-state index contributed by atoms with van der Waals surface area (Å²) in [6, 6.07) is 1.94. The minimum atomic E-state index is 0.513. The summed E-state index contributed by atoms with van der Waals surface area (Å²) in [6.07, 6.45) is 0. The van der Waals surface area contributed by atoms with Crippen LogP contribution in [0.15, 0.2) is 11.4 Å². The second-order valence-electron chi connectivity index (χ2n) is 3.71. The highest BCUT2D eigenvalue weighted by molar-refractivity contribution is 7.16. The predicted octanol–water partition coefficient (Wildman–Crippen LogP) is 2.32. The third-order valence-electron chi connectivity index (χ3n) is 2.12. The van der Waals surface area contributed by atoms with Crippen molar-refractivity contribution in [3.63, 3.8) is 0 Å². The Morgan fingerprint density at radius 2 is 2.25 bits per heavy atom. The first-order valence-electron chi connectivity index (χ1n) is 4.96. The van der Waals surface area contributed by atoms with Crippen LogP contribution in [-0.4, -0.2) is 42.1 Å². The smallest absolute Gasteiger partial charge is 0.225 e. The fourth-order valence-electron chi connectivity index (χ4n) is 1.29. The molecule has 0 aliphatic rings. The Bertz CT molecular complexity index is 483. The second kappa shape index (κ2) is 4.95. The lowest BCUT2D eigenvalue weighted by atomic mass is 10.4. The Hall–Kier alpha value is -0.910. The Morgan fingerprint density at radius 1 is 1.44 bits per heavy atom. The number of hydrogen-bond acceptors (Lipinski definition) is 5. The van der Waals surface area contributed by atoms with E-state index < -0.39 is 0 Å². The van der Waals surface area contributed by atoms with Crippen molar-refractivity contribution in [1.82, 2.24) is 14.9 Å². The first kappa shape index (κ1) is 11.6. The monoisotopic (exact) mass is 256 g/mol. The van der Waals surface area contributed by atoms with Gasteiger partial charge in [0.25, 0.3) is 0 Å². The Balaban J connectivity index is 2.12. The van der Waals surface area contributed by atoms with Gasteiger partial charge in [0.2, 0.25) is 5.95 Å². The normalized spacial score (nSPS) is 11.2. The first-order chi connectivity index (χ1) is 7.66. The minimum Gasteiger partial charge on any atom is -0.353 e. The quantitative estimate of drug-likeness (QED) is 0.853. The number of hydrogen-bond donors (Lipinski definition) is 1. The summed E-state index contributed by atoms with van der Waals surface area (Å²) >= 11 is 7.62. The van der Waals surface area contributed by atoms with Crippen LogP contribution in [0.3, 0.4) is 0 Å². The lowest BCUT2D eigenvalue weighted by Crippen LogP contribution is -2.21. The number of nitrogens with one attached hydrogen (secondary N) is 1. The summed E-state index contributed by atoms with van der Waals surface area (Å²) in [5.41, 5.74) is 0. The van der Waals surface area contributed by atoms with Crippen LogP contribution in [0.2, 0.25) is 5.15 Å². The topological polar surface area (TPSA) is 41.0 Å². The molecule has 16 heavy (non-hydrogen) atoms. The van der Waals surface area contributed by atoms with Gasteiger partial charge in [-0.1, -0.05) is 11.6 Å². The van der Waals surface area contributed by atoms with E-state index in [0.717, 1.165) is 23.3 Å². The number of fused-ring (bicyclic) bond motifs is 1. The van der Waals surface area contributed by atoms with E-state index in [0.29, 0.717) is 11.1 Å². The van der Waals surface area contributed by atoms with E-state index in [1.165, 1.54) is 0 Å². The lowest BCUT2D eigenvalue weighted by molar-refractivity contribution is 0.425. The molecule has 0 unspecified atom stereocenters. The maximum Gasteiger partial charge on any atom is 0.225 e. The average Bonchev–Trinajstić information content (AvgIpc) is 2.65. The number of aromatic nitrogens is 2. The highest BCUT2D eigenvalue weighted by Crippen LogP contribution is 2.25. The molecule has 0 fully saturated rings. The van der Waals surface area contributed by atoms with Crippen LogP contribution in [0.5, 0.6) is 0 Å². The second-order valence-corrected chi connectivity index (χ2v) is 4.96. The predicted molar refractivity (Wildman–Crippen MR) is 69.5 cm³/mol. The highest BCUT2D eigenvalue weighted by atomic mass is 35.5. The zero-order valence-electron chi connectivity index (χ0n) is 9.20. The van der Waals surface area contributed by atoms with E-state index in [9.17, 15) is 0 Å². The minimum absolute atomic E-state index is 0.513. The Labute approximate surface area is 103 Å². The molecule has 2 aromatic rings. The lowest BCUT2D eigenvalue weighted by Gasteiger charge is -2.10. The molecule has 2 aromatic heterocycles. The van der Waals surface area contributed by atoms with Gasteiger partial charge in [-0.25, -0.2) is 9.97 Å². The molecule has 0 atom stereocenters. The van der Waals surface area contributed by atoms with Crippen LogP contribution in [0.1, 0.15) is 0 Å². The van der Waals surface area contributed by atoms with Gasteiger partial charge in [-0.15, -0.1) is 11.3 Å².